The number of halogens is 3. The van der Waals surface area contributed by atoms with E-state index in [2.05, 4.69) is 10.2 Å². The minimum absolute atomic E-state index is 0.00553. The van der Waals surface area contributed by atoms with E-state index in [4.69, 9.17) is 10.5 Å². The van der Waals surface area contributed by atoms with Crippen molar-refractivity contribution in [3.8, 4) is 34.3 Å². The molecular weight excluding hydrogens is 405 g/mol. The van der Waals surface area contributed by atoms with Crippen molar-refractivity contribution >= 4 is 5.91 Å². The van der Waals surface area contributed by atoms with Crippen molar-refractivity contribution in [2.45, 2.75) is 19.5 Å². The van der Waals surface area contributed by atoms with Crippen LogP contribution < -0.4 is 10.5 Å². The molecule has 1 aromatic heterocycles. The van der Waals surface area contributed by atoms with E-state index in [0.717, 1.165) is 18.2 Å². The molecule has 0 fully saturated rings. The molecule has 0 unspecified atom stereocenters. The zero-order valence-corrected chi connectivity index (χ0v) is 15.9. The van der Waals surface area contributed by atoms with Gasteiger partial charge < -0.3 is 20.7 Å². The number of aromatic nitrogens is 3. The molecule has 2 aromatic carbocycles. The molecule has 30 heavy (non-hydrogen) atoms. The van der Waals surface area contributed by atoms with Crippen LogP contribution in [0.2, 0.25) is 0 Å². The van der Waals surface area contributed by atoms with E-state index in [1.54, 1.807) is 0 Å². The molecule has 0 spiro atoms. The Kier molecular flexibility index (Phi) is 5.29. The summed E-state index contributed by atoms with van der Waals surface area (Å²) in [6, 6.07) is 5.54. The number of amides is 1. The molecule has 0 aliphatic rings. The van der Waals surface area contributed by atoms with Crippen LogP contribution in [-0.2, 0) is 17.4 Å². The van der Waals surface area contributed by atoms with Crippen molar-refractivity contribution in [3.05, 3.63) is 47.3 Å². The minimum Gasteiger partial charge on any atom is -0.507 e. The third kappa shape index (κ3) is 4.00. The maximum Gasteiger partial charge on any atom is 0.416 e. The number of aromatic hydroxyl groups is 2. The van der Waals surface area contributed by atoms with Crippen LogP contribution in [0.4, 0.5) is 13.2 Å². The molecule has 1 amide bonds. The molecule has 11 heteroatoms. The summed E-state index contributed by atoms with van der Waals surface area (Å²) < 4.78 is 46.2. The molecule has 158 valence electrons. The highest BCUT2D eigenvalue weighted by Gasteiger charge is 2.32. The molecule has 3 rings (SSSR count). The molecule has 0 saturated carbocycles. The number of hydrogen-bond acceptors (Lipinski definition) is 6. The largest absolute Gasteiger partial charge is 0.507 e. The van der Waals surface area contributed by atoms with Gasteiger partial charge in [-0.15, -0.1) is 10.2 Å². The molecule has 0 radical (unpaired) electrons. The van der Waals surface area contributed by atoms with Gasteiger partial charge in [0.2, 0.25) is 5.91 Å². The highest BCUT2D eigenvalue weighted by atomic mass is 19.4. The number of carbonyl (C=O) groups excluding carboxylic acids is 1. The first-order valence-corrected chi connectivity index (χ1v) is 8.53. The lowest BCUT2D eigenvalue weighted by atomic mass is 10.1. The summed E-state index contributed by atoms with van der Waals surface area (Å²) in [6.45, 7) is 1.48. The highest BCUT2D eigenvalue weighted by Crippen LogP contribution is 2.40. The fourth-order valence-electron chi connectivity index (χ4n) is 2.99. The number of carbonyl (C=O) groups is 1. The van der Waals surface area contributed by atoms with Gasteiger partial charge in [-0.1, -0.05) is 0 Å². The van der Waals surface area contributed by atoms with Gasteiger partial charge in [0.25, 0.3) is 0 Å². The SMILES string of the molecule is COc1cc(-c2nnc(CC(N)=O)n2-c2cc(C)cc(C(F)(F)F)c2)c(O)cc1O. The quantitative estimate of drug-likeness (QED) is 0.581. The van der Waals surface area contributed by atoms with E-state index in [1.165, 1.54) is 30.7 Å². The van der Waals surface area contributed by atoms with Crippen molar-refractivity contribution < 1.29 is 32.9 Å². The van der Waals surface area contributed by atoms with E-state index in [0.29, 0.717) is 5.56 Å². The number of hydrogen-bond donors (Lipinski definition) is 3. The first-order valence-electron chi connectivity index (χ1n) is 8.53. The lowest BCUT2D eigenvalue weighted by Gasteiger charge is -2.15. The smallest absolute Gasteiger partial charge is 0.416 e. The number of phenolic OH excluding ortho intramolecular Hbond substituents is 2. The molecule has 0 aliphatic heterocycles. The summed E-state index contributed by atoms with van der Waals surface area (Å²) in [7, 11) is 1.29. The van der Waals surface area contributed by atoms with Gasteiger partial charge in [-0.3, -0.25) is 9.36 Å². The maximum absolute atomic E-state index is 13.3. The number of benzene rings is 2. The lowest BCUT2D eigenvalue weighted by molar-refractivity contribution is -0.137. The summed E-state index contributed by atoms with van der Waals surface area (Å²) >= 11 is 0. The Balaban J connectivity index is 2.31. The van der Waals surface area contributed by atoms with Gasteiger partial charge in [-0.2, -0.15) is 13.2 Å². The number of methoxy groups -OCH3 is 1. The third-order valence-corrected chi connectivity index (χ3v) is 4.25. The molecule has 0 saturated heterocycles. The van der Waals surface area contributed by atoms with E-state index in [9.17, 15) is 28.2 Å². The summed E-state index contributed by atoms with van der Waals surface area (Å²) in [6.07, 6.45) is -5.01. The topological polar surface area (TPSA) is 123 Å². The van der Waals surface area contributed by atoms with Crippen LogP contribution >= 0.6 is 0 Å². The number of aryl methyl sites for hydroxylation is 1. The second-order valence-electron chi connectivity index (χ2n) is 6.51. The number of alkyl halides is 3. The second kappa shape index (κ2) is 7.58. The van der Waals surface area contributed by atoms with Gasteiger partial charge in [0, 0.05) is 11.8 Å². The van der Waals surface area contributed by atoms with E-state index in [-0.39, 0.29) is 34.4 Å². The van der Waals surface area contributed by atoms with Crippen molar-refractivity contribution in [1.82, 2.24) is 14.8 Å². The van der Waals surface area contributed by atoms with E-state index in [1.807, 2.05) is 0 Å². The maximum atomic E-state index is 13.3. The van der Waals surface area contributed by atoms with Crippen LogP contribution in [0.5, 0.6) is 17.2 Å². The Hall–Kier alpha value is -3.76. The first kappa shape index (κ1) is 21.0. The zero-order valence-electron chi connectivity index (χ0n) is 15.9. The molecule has 4 N–H and O–H groups in total. The average molecular weight is 422 g/mol. The number of nitrogens with zero attached hydrogens (tertiary/aromatic N) is 3. The number of ether oxygens (including phenoxy) is 1. The van der Waals surface area contributed by atoms with Crippen LogP contribution in [0.1, 0.15) is 17.0 Å². The van der Waals surface area contributed by atoms with Crippen molar-refractivity contribution in [2.75, 3.05) is 7.11 Å². The molecule has 8 nitrogen and oxygen atoms in total. The van der Waals surface area contributed by atoms with Crippen LogP contribution in [0, 0.1) is 6.92 Å². The van der Waals surface area contributed by atoms with E-state index >= 15 is 0 Å². The minimum atomic E-state index is -4.61. The summed E-state index contributed by atoms with van der Waals surface area (Å²) in [5.41, 5.74) is 4.67. The van der Waals surface area contributed by atoms with Crippen LogP contribution in [0.25, 0.3) is 17.1 Å². The van der Waals surface area contributed by atoms with Crippen LogP contribution in [-0.4, -0.2) is 38.0 Å². The Labute approximate surface area is 168 Å². The van der Waals surface area contributed by atoms with Gasteiger partial charge >= 0.3 is 6.18 Å². The van der Waals surface area contributed by atoms with Gasteiger partial charge in [0.15, 0.2) is 17.3 Å². The number of rotatable bonds is 5. The molecular formula is C19H17F3N4O4. The summed E-state index contributed by atoms with van der Waals surface area (Å²) in [4.78, 5) is 11.5. The standard InChI is InChI=1S/C19H17F3N4O4/c1-9-3-10(19(20,21)22)5-11(4-9)26-17(8-16(23)29)24-25-18(26)12-6-15(30-2)14(28)7-13(12)27/h3-7,27-28H,8H2,1-2H3,(H2,23,29). The van der Waals surface area contributed by atoms with Crippen LogP contribution in [0.15, 0.2) is 30.3 Å². The highest BCUT2D eigenvalue weighted by molar-refractivity contribution is 5.77. The predicted octanol–water partition coefficient (Wildman–Crippen LogP) is 2.71. The van der Waals surface area contributed by atoms with Crippen molar-refractivity contribution in [1.29, 1.82) is 0 Å². The van der Waals surface area contributed by atoms with Gasteiger partial charge in [0.05, 0.1) is 24.7 Å². The van der Waals surface area contributed by atoms with Gasteiger partial charge in [0.1, 0.15) is 11.6 Å². The molecule has 0 atom stereocenters. The average Bonchev–Trinajstić information content (AvgIpc) is 3.03. The Morgan fingerprint density at radius 2 is 1.83 bits per heavy atom. The van der Waals surface area contributed by atoms with Gasteiger partial charge in [-0.05, 0) is 36.8 Å². The Bertz CT molecular complexity index is 1130. The van der Waals surface area contributed by atoms with Crippen LogP contribution in [0.3, 0.4) is 0 Å². The monoisotopic (exact) mass is 422 g/mol. The zero-order chi connectivity index (χ0) is 22.2. The number of nitrogens with two attached hydrogens (primary N) is 1. The van der Waals surface area contributed by atoms with Crippen molar-refractivity contribution in [2.24, 2.45) is 5.73 Å². The molecule has 1 heterocycles. The fraction of sp³-hybridized carbons (Fsp3) is 0.211. The third-order valence-electron chi connectivity index (χ3n) is 4.25. The fourth-order valence-corrected chi connectivity index (χ4v) is 2.99. The Morgan fingerprint density at radius 1 is 1.13 bits per heavy atom. The number of phenols is 2. The summed E-state index contributed by atoms with van der Waals surface area (Å²) in [5.74, 6) is -1.64. The number of primary amides is 1. The summed E-state index contributed by atoms with van der Waals surface area (Å²) in [5, 5.41) is 27.9. The van der Waals surface area contributed by atoms with Crippen molar-refractivity contribution in [3.63, 3.8) is 0 Å². The molecule has 3 aromatic rings. The first-order chi connectivity index (χ1) is 14.0. The molecule has 0 bridgehead atoms. The lowest BCUT2D eigenvalue weighted by Crippen LogP contribution is -2.17. The molecule has 0 aliphatic carbocycles. The van der Waals surface area contributed by atoms with E-state index < -0.39 is 29.8 Å². The Morgan fingerprint density at radius 3 is 2.43 bits per heavy atom. The predicted molar refractivity (Wildman–Crippen MR) is 99.3 cm³/mol. The van der Waals surface area contributed by atoms with Gasteiger partial charge in [-0.25, -0.2) is 0 Å². The second-order valence-corrected chi connectivity index (χ2v) is 6.51. The normalized spacial score (nSPS) is 11.5.